The van der Waals surface area contributed by atoms with E-state index in [1.807, 2.05) is 30.6 Å². The van der Waals surface area contributed by atoms with Crippen LogP contribution in [0, 0.1) is 0 Å². The van der Waals surface area contributed by atoms with Gasteiger partial charge in [0.2, 0.25) is 5.95 Å². The fourth-order valence-electron chi connectivity index (χ4n) is 3.62. The molecule has 2 aromatic heterocycles. The van der Waals surface area contributed by atoms with Crippen LogP contribution in [0.4, 0.5) is 16.1 Å². The molecular formula is C22H31N7OS. The molecule has 1 saturated carbocycles. The first kappa shape index (κ1) is 21.7. The number of benzene rings is 1. The molecule has 3 aromatic rings. The van der Waals surface area contributed by atoms with Gasteiger partial charge in [-0.1, -0.05) is 23.5 Å². The Labute approximate surface area is 187 Å². The van der Waals surface area contributed by atoms with Crippen molar-refractivity contribution in [1.29, 1.82) is 0 Å². The topological polar surface area (TPSA) is 92.4 Å². The molecular weight excluding hydrogens is 410 g/mol. The molecule has 0 aliphatic heterocycles. The van der Waals surface area contributed by atoms with Crippen molar-refractivity contribution in [2.24, 2.45) is 5.73 Å². The van der Waals surface area contributed by atoms with Crippen LogP contribution in [-0.4, -0.2) is 66.2 Å². The van der Waals surface area contributed by atoms with Crippen molar-refractivity contribution >= 4 is 38.3 Å². The minimum absolute atomic E-state index is 0.193. The molecule has 9 heteroatoms. The summed E-state index contributed by atoms with van der Waals surface area (Å²) < 4.78 is 6.31. The lowest BCUT2D eigenvalue weighted by atomic mass is 9.94. The largest absolute Gasteiger partial charge is 0.488 e. The number of hydrogen-bond acceptors (Lipinski definition) is 9. The van der Waals surface area contributed by atoms with Gasteiger partial charge in [0.05, 0.1) is 12.3 Å². The number of hydrogen-bond donors (Lipinski definition) is 2. The fourth-order valence-corrected chi connectivity index (χ4v) is 4.42. The van der Waals surface area contributed by atoms with Gasteiger partial charge in [0.1, 0.15) is 16.3 Å². The molecule has 31 heavy (non-hydrogen) atoms. The number of ether oxygens (including phenoxy) is 1. The summed E-state index contributed by atoms with van der Waals surface area (Å²) >= 11 is 1.59. The van der Waals surface area contributed by atoms with Crippen LogP contribution in [0.25, 0.3) is 10.9 Å². The maximum Gasteiger partial charge on any atom is 0.228 e. The van der Waals surface area contributed by atoms with Crippen LogP contribution in [0.5, 0.6) is 5.75 Å². The van der Waals surface area contributed by atoms with Gasteiger partial charge in [-0.2, -0.15) is 0 Å². The van der Waals surface area contributed by atoms with Crippen molar-refractivity contribution < 1.29 is 4.74 Å². The van der Waals surface area contributed by atoms with E-state index in [1.54, 1.807) is 11.3 Å². The van der Waals surface area contributed by atoms with E-state index in [4.69, 9.17) is 15.5 Å². The Bertz CT molecular complexity index is 1000. The average Bonchev–Trinajstić information content (AvgIpc) is 3.22. The molecule has 0 bridgehead atoms. The number of para-hydroxylation sites is 1. The summed E-state index contributed by atoms with van der Waals surface area (Å²) in [6, 6.07) is 6.28. The lowest BCUT2D eigenvalue weighted by Crippen LogP contribution is -2.31. The molecule has 1 aliphatic rings. The minimum Gasteiger partial charge on any atom is -0.488 e. The number of rotatable bonds is 8. The second-order valence-corrected chi connectivity index (χ2v) is 9.41. The van der Waals surface area contributed by atoms with E-state index >= 15 is 0 Å². The number of likely N-dealkylation sites (N-methyl/N-ethyl adjacent to an activating group) is 2. The summed E-state index contributed by atoms with van der Waals surface area (Å²) in [5, 5.41) is 6.13. The van der Waals surface area contributed by atoms with E-state index < -0.39 is 0 Å². The maximum atomic E-state index is 6.31. The monoisotopic (exact) mass is 441 g/mol. The lowest BCUT2D eigenvalue weighted by molar-refractivity contribution is 0.149. The van der Waals surface area contributed by atoms with Gasteiger partial charge in [-0.3, -0.25) is 0 Å². The van der Waals surface area contributed by atoms with E-state index in [-0.39, 0.29) is 6.10 Å². The molecule has 4 rings (SSSR count). The van der Waals surface area contributed by atoms with Crippen molar-refractivity contribution in [3.8, 4) is 5.75 Å². The first-order valence-corrected chi connectivity index (χ1v) is 11.6. The summed E-state index contributed by atoms with van der Waals surface area (Å²) in [6.07, 6.45) is 7.84. The number of anilines is 3. The van der Waals surface area contributed by atoms with Crippen molar-refractivity contribution in [1.82, 2.24) is 19.9 Å². The highest BCUT2D eigenvalue weighted by molar-refractivity contribution is 7.19. The minimum atomic E-state index is 0.193. The summed E-state index contributed by atoms with van der Waals surface area (Å²) in [7, 11) is 6.20. The molecule has 3 N–H and O–H groups in total. The first-order chi connectivity index (χ1) is 15.0. The van der Waals surface area contributed by atoms with Crippen LogP contribution >= 0.6 is 11.3 Å². The molecule has 0 amide bonds. The van der Waals surface area contributed by atoms with Gasteiger partial charge in [0.25, 0.3) is 0 Å². The van der Waals surface area contributed by atoms with Gasteiger partial charge in [0, 0.05) is 37.8 Å². The summed E-state index contributed by atoms with van der Waals surface area (Å²) in [4.78, 5) is 18.1. The van der Waals surface area contributed by atoms with Crippen LogP contribution in [0.2, 0.25) is 0 Å². The number of aromatic nitrogens is 3. The molecule has 0 unspecified atom stereocenters. The van der Waals surface area contributed by atoms with Crippen molar-refractivity contribution in [3.63, 3.8) is 0 Å². The zero-order chi connectivity index (χ0) is 21.8. The van der Waals surface area contributed by atoms with Crippen molar-refractivity contribution in [3.05, 3.63) is 30.6 Å². The Morgan fingerprint density at radius 1 is 1.10 bits per heavy atom. The lowest BCUT2D eigenvalue weighted by Gasteiger charge is -2.27. The molecule has 1 fully saturated rings. The van der Waals surface area contributed by atoms with Crippen LogP contribution in [0.15, 0.2) is 30.6 Å². The maximum absolute atomic E-state index is 6.31. The number of nitrogens with one attached hydrogen (secondary N) is 1. The van der Waals surface area contributed by atoms with E-state index in [0.717, 1.165) is 65.6 Å². The van der Waals surface area contributed by atoms with Gasteiger partial charge in [-0.15, -0.1) is 0 Å². The summed E-state index contributed by atoms with van der Waals surface area (Å²) in [5.41, 5.74) is 6.85. The highest BCUT2D eigenvalue weighted by atomic mass is 32.1. The predicted octanol–water partition coefficient (Wildman–Crippen LogP) is 3.48. The van der Waals surface area contributed by atoms with Gasteiger partial charge in [0.15, 0.2) is 5.13 Å². The number of nitrogens with zero attached hydrogens (tertiary/aromatic N) is 5. The quantitative estimate of drug-likeness (QED) is 0.549. The fraction of sp³-hybridized carbons (Fsp3) is 0.500. The Balaban J connectivity index is 1.47. The molecule has 0 radical (unpaired) electrons. The third-order valence-electron chi connectivity index (χ3n) is 5.52. The molecule has 8 nitrogen and oxygen atoms in total. The summed E-state index contributed by atoms with van der Waals surface area (Å²) in [6.45, 7) is 1.89. The first-order valence-electron chi connectivity index (χ1n) is 10.7. The van der Waals surface area contributed by atoms with Gasteiger partial charge in [-0.25, -0.2) is 15.0 Å². The smallest absolute Gasteiger partial charge is 0.228 e. The summed E-state index contributed by atoms with van der Waals surface area (Å²) in [5.74, 6) is 1.34. The van der Waals surface area contributed by atoms with E-state index in [2.05, 4.69) is 46.2 Å². The van der Waals surface area contributed by atoms with Gasteiger partial charge >= 0.3 is 0 Å². The Kier molecular flexibility index (Phi) is 6.84. The molecule has 1 aliphatic carbocycles. The van der Waals surface area contributed by atoms with Crippen LogP contribution in [0.3, 0.4) is 0 Å². The Hall–Kier alpha value is -2.49. The standard InChI is InChI=1S/C22H31N7OS/c1-28(2)11-12-29(3)22-25-14-19(31-22)26-21-24-13-15-5-4-6-18(20(15)27-21)30-17-9-7-16(23)8-10-17/h4-6,13-14,16-17H,7-12,23H2,1-3H3,(H,24,26,27). The van der Waals surface area contributed by atoms with E-state index in [9.17, 15) is 0 Å². The predicted molar refractivity (Wildman–Crippen MR) is 128 cm³/mol. The molecule has 0 saturated heterocycles. The number of thiazole rings is 1. The zero-order valence-corrected chi connectivity index (χ0v) is 19.2. The number of fused-ring (bicyclic) bond motifs is 1. The third kappa shape index (κ3) is 5.61. The Morgan fingerprint density at radius 3 is 2.68 bits per heavy atom. The van der Waals surface area contributed by atoms with E-state index in [1.165, 1.54) is 0 Å². The zero-order valence-electron chi connectivity index (χ0n) is 18.4. The second kappa shape index (κ2) is 9.76. The highest BCUT2D eigenvalue weighted by Gasteiger charge is 2.21. The molecule has 2 heterocycles. The molecule has 166 valence electrons. The van der Waals surface area contributed by atoms with Crippen LogP contribution < -0.4 is 20.7 Å². The van der Waals surface area contributed by atoms with Gasteiger partial charge < -0.3 is 25.6 Å². The normalized spacial score (nSPS) is 19.0. The SMILES string of the molecule is CN(C)CCN(C)c1ncc(Nc2ncc3cccc(OC4CCC(N)CC4)c3n2)s1. The highest BCUT2D eigenvalue weighted by Crippen LogP contribution is 2.31. The van der Waals surface area contributed by atoms with Crippen LogP contribution in [0.1, 0.15) is 25.7 Å². The average molecular weight is 442 g/mol. The second-order valence-electron chi connectivity index (χ2n) is 8.40. The molecule has 1 aromatic carbocycles. The number of nitrogens with two attached hydrogens (primary N) is 1. The van der Waals surface area contributed by atoms with Crippen LogP contribution in [-0.2, 0) is 0 Å². The van der Waals surface area contributed by atoms with Gasteiger partial charge in [-0.05, 0) is 45.8 Å². The molecule has 0 atom stereocenters. The van der Waals surface area contributed by atoms with E-state index in [0.29, 0.717) is 12.0 Å². The van der Waals surface area contributed by atoms with Crippen molar-refractivity contribution in [2.75, 3.05) is 44.4 Å². The van der Waals surface area contributed by atoms with Crippen molar-refractivity contribution in [2.45, 2.75) is 37.8 Å². The third-order valence-corrected chi connectivity index (χ3v) is 6.55. The molecule has 0 spiro atoms. The Morgan fingerprint density at radius 2 is 1.90 bits per heavy atom.